The normalized spacial score (nSPS) is 16.2. The number of carbonyl (C=O) groups excluding carboxylic acids is 3. The molecule has 34 heavy (non-hydrogen) atoms. The average molecular weight is 467 g/mol. The third-order valence-corrected chi connectivity index (χ3v) is 5.85. The highest BCUT2D eigenvalue weighted by Gasteiger charge is 2.29. The number of nitrogens with one attached hydrogen (secondary N) is 2. The summed E-state index contributed by atoms with van der Waals surface area (Å²) >= 11 is 0. The second kappa shape index (κ2) is 12.2. The third-order valence-electron chi connectivity index (χ3n) is 5.85. The number of carbonyl (C=O) groups is 3. The van der Waals surface area contributed by atoms with Crippen molar-refractivity contribution in [2.75, 3.05) is 7.11 Å². The van der Waals surface area contributed by atoms with Gasteiger partial charge in [-0.2, -0.15) is 0 Å². The van der Waals surface area contributed by atoms with Crippen LogP contribution in [0.5, 0.6) is 5.75 Å². The van der Waals surface area contributed by atoms with Gasteiger partial charge in [0.25, 0.3) is 0 Å². The van der Waals surface area contributed by atoms with Gasteiger partial charge >= 0.3 is 5.97 Å². The van der Waals surface area contributed by atoms with Gasteiger partial charge < -0.3 is 20.1 Å². The molecular formula is C27H34N2O5. The molecule has 0 aromatic heterocycles. The van der Waals surface area contributed by atoms with E-state index in [0.717, 1.165) is 23.3 Å². The molecule has 0 radical (unpaired) electrons. The fourth-order valence-corrected chi connectivity index (χ4v) is 4.13. The molecule has 0 saturated carbocycles. The average Bonchev–Trinajstić information content (AvgIpc) is 3.25. The van der Waals surface area contributed by atoms with Crippen molar-refractivity contribution in [3.05, 3.63) is 65.7 Å². The quantitative estimate of drug-likeness (QED) is 0.496. The van der Waals surface area contributed by atoms with Crippen molar-refractivity contribution in [2.45, 2.75) is 64.1 Å². The number of benzene rings is 2. The maximum absolute atomic E-state index is 13.1. The van der Waals surface area contributed by atoms with Crippen molar-refractivity contribution in [1.82, 2.24) is 10.6 Å². The molecule has 2 aromatic carbocycles. The molecule has 0 bridgehead atoms. The van der Waals surface area contributed by atoms with Crippen LogP contribution in [-0.4, -0.2) is 43.1 Å². The Kier molecular flexibility index (Phi) is 9.08. The molecule has 0 aliphatic carbocycles. The van der Waals surface area contributed by atoms with Gasteiger partial charge in [0.2, 0.25) is 11.8 Å². The fourth-order valence-electron chi connectivity index (χ4n) is 4.13. The van der Waals surface area contributed by atoms with Crippen LogP contribution in [0.25, 0.3) is 0 Å². The topological polar surface area (TPSA) is 93.7 Å². The van der Waals surface area contributed by atoms with E-state index in [4.69, 9.17) is 9.47 Å². The molecule has 1 heterocycles. The molecule has 1 aliphatic heterocycles. The van der Waals surface area contributed by atoms with Gasteiger partial charge in [-0.25, -0.2) is 4.79 Å². The highest BCUT2D eigenvalue weighted by molar-refractivity contribution is 5.91. The van der Waals surface area contributed by atoms with E-state index in [1.54, 1.807) is 0 Å². The van der Waals surface area contributed by atoms with Gasteiger partial charge in [0.1, 0.15) is 23.9 Å². The highest BCUT2D eigenvalue weighted by atomic mass is 16.5. The summed E-state index contributed by atoms with van der Waals surface area (Å²) in [6.45, 7) is 3.93. The first kappa shape index (κ1) is 25.3. The number of methoxy groups -OCH3 is 1. The van der Waals surface area contributed by atoms with Crippen LogP contribution >= 0.6 is 0 Å². The van der Waals surface area contributed by atoms with Crippen LogP contribution in [0.1, 0.15) is 44.2 Å². The van der Waals surface area contributed by atoms with Gasteiger partial charge in [-0.1, -0.05) is 62.4 Å². The van der Waals surface area contributed by atoms with Crippen LogP contribution < -0.4 is 15.4 Å². The summed E-state index contributed by atoms with van der Waals surface area (Å²) < 4.78 is 10.8. The van der Waals surface area contributed by atoms with Crippen molar-refractivity contribution in [2.24, 2.45) is 5.92 Å². The molecule has 2 N–H and O–H groups in total. The van der Waals surface area contributed by atoms with Gasteiger partial charge in [-0.15, -0.1) is 0 Å². The molecule has 0 fully saturated rings. The third kappa shape index (κ3) is 7.33. The predicted molar refractivity (Wildman–Crippen MR) is 129 cm³/mol. The molecular weight excluding hydrogens is 432 g/mol. The van der Waals surface area contributed by atoms with Gasteiger partial charge in [0.05, 0.1) is 7.11 Å². The van der Waals surface area contributed by atoms with E-state index < -0.39 is 24.0 Å². The fraction of sp³-hybridized carbons (Fsp3) is 0.444. The number of ether oxygens (including phenoxy) is 2. The lowest BCUT2D eigenvalue weighted by atomic mass is 10.0. The largest absolute Gasteiger partial charge is 0.490 e. The summed E-state index contributed by atoms with van der Waals surface area (Å²) in [5.41, 5.74) is 2.06. The first-order valence-corrected chi connectivity index (χ1v) is 11.8. The molecule has 1 aliphatic rings. The number of hydrogen-bond acceptors (Lipinski definition) is 5. The molecule has 7 heteroatoms. The second-order valence-electron chi connectivity index (χ2n) is 9.11. The minimum atomic E-state index is -0.809. The second-order valence-corrected chi connectivity index (χ2v) is 9.11. The minimum Gasteiger partial charge on any atom is -0.490 e. The summed E-state index contributed by atoms with van der Waals surface area (Å²) in [5, 5.41) is 5.65. The van der Waals surface area contributed by atoms with Crippen molar-refractivity contribution in [3.8, 4) is 5.75 Å². The zero-order valence-electron chi connectivity index (χ0n) is 20.1. The van der Waals surface area contributed by atoms with Crippen molar-refractivity contribution >= 4 is 17.8 Å². The number of fused-ring (bicyclic) bond motifs is 1. The van der Waals surface area contributed by atoms with Crippen LogP contribution in [0.15, 0.2) is 54.6 Å². The zero-order valence-corrected chi connectivity index (χ0v) is 20.1. The van der Waals surface area contributed by atoms with Crippen LogP contribution in [0.2, 0.25) is 0 Å². The smallest absolute Gasteiger partial charge is 0.328 e. The summed E-state index contributed by atoms with van der Waals surface area (Å²) in [7, 11) is 1.30. The van der Waals surface area contributed by atoms with Gasteiger partial charge in [0, 0.05) is 19.3 Å². The molecule has 7 nitrogen and oxygen atoms in total. The Morgan fingerprint density at radius 2 is 1.71 bits per heavy atom. The lowest BCUT2D eigenvalue weighted by Crippen LogP contribution is -2.53. The number of rotatable bonds is 11. The van der Waals surface area contributed by atoms with Crippen molar-refractivity contribution < 1.29 is 23.9 Å². The van der Waals surface area contributed by atoms with E-state index in [0.29, 0.717) is 19.3 Å². The Morgan fingerprint density at radius 3 is 2.38 bits per heavy atom. The van der Waals surface area contributed by atoms with Crippen LogP contribution in [0.4, 0.5) is 0 Å². The maximum Gasteiger partial charge on any atom is 0.328 e. The highest BCUT2D eigenvalue weighted by Crippen LogP contribution is 2.29. The molecule has 0 spiro atoms. The Balaban J connectivity index is 1.62. The number of hydrogen-bond donors (Lipinski definition) is 2. The summed E-state index contributed by atoms with van der Waals surface area (Å²) in [5.74, 6) is -0.0768. The van der Waals surface area contributed by atoms with E-state index in [1.165, 1.54) is 7.11 Å². The van der Waals surface area contributed by atoms with Crippen LogP contribution in [0, 0.1) is 5.92 Å². The van der Waals surface area contributed by atoms with Gasteiger partial charge in [-0.05, 0) is 36.0 Å². The Bertz CT molecular complexity index is 951. The standard InChI is InChI=1S/C27H34N2O5/c1-18(2)15-23(27(32)33-3)29-26(31)22(16-19-9-5-4-6-10-19)28-25(30)14-13-21-17-20-11-7-8-12-24(20)34-21/h4-12,18,21-23H,13-17H2,1-3H3,(H,28,30)(H,29,31)/t21?,22-,23-/m0/s1. The Labute approximate surface area is 201 Å². The molecule has 182 valence electrons. The monoisotopic (exact) mass is 466 g/mol. The van der Waals surface area contributed by atoms with E-state index in [1.807, 2.05) is 68.4 Å². The number of amides is 2. The van der Waals surface area contributed by atoms with E-state index in [-0.39, 0.29) is 24.3 Å². The lowest BCUT2D eigenvalue weighted by Gasteiger charge is -2.23. The molecule has 3 atom stereocenters. The predicted octanol–water partition coefficient (Wildman–Crippen LogP) is 3.20. The van der Waals surface area contributed by atoms with Crippen molar-refractivity contribution in [3.63, 3.8) is 0 Å². The van der Waals surface area contributed by atoms with E-state index in [2.05, 4.69) is 10.6 Å². The molecule has 3 rings (SSSR count). The SMILES string of the molecule is COC(=O)[C@H](CC(C)C)NC(=O)[C@H](Cc1ccccc1)NC(=O)CCC1Cc2ccccc2O1. The maximum atomic E-state index is 13.1. The summed E-state index contributed by atoms with van der Waals surface area (Å²) in [4.78, 5) is 38.1. The lowest BCUT2D eigenvalue weighted by molar-refractivity contribution is -0.145. The minimum absolute atomic E-state index is 0.0562. The Morgan fingerprint density at radius 1 is 1.00 bits per heavy atom. The first-order chi connectivity index (χ1) is 16.4. The number of esters is 1. The zero-order chi connectivity index (χ0) is 24.5. The molecule has 2 aromatic rings. The van der Waals surface area contributed by atoms with E-state index in [9.17, 15) is 14.4 Å². The number of para-hydroxylation sites is 1. The van der Waals surface area contributed by atoms with Crippen LogP contribution in [0.3, 0.4) is 0 Å². The Hall–Kier alpha value is -3.35. The van der Waals surface area contributed by atoms with E-state index >= 15 is 0 Å². The summed E-state index contributed by atoms with van der Waals surface area (Å²) in [6, 6.07) is 15.8. The first-order valence-electron chi connectivity index (χ1n) is 11.8. The molecule has 1 unspecified atom stereocenters. The molecule has 2 amide bonds. The van der Waals surface area contributed by atoms with Gasteiger partial charge in [-0.3, -0.25) is 9.59 Å². The van der Waals surface area contributed by atoms with Crippen molar-refractivity contribution in [1.29, 1.82) is 0 Å². The summed E-state index contributed by atoms with van der Waals surface area (Å²) in [6.07, 6.45) is 2.28. The van der Waals surface area contributed by atoms with Crippen LogP contribution in [-0.2, 0) is 32.0 Å². The van der Waals surface area contributed by atoms with Gasteiger partial charge in [0.15, 0.2) is 0 Å². The molecule has 0 saturated heterocycles.